The van der Waals surface area contributed by atoms with E-state index in [1.54, 1.807) is 0 Å². The van der Waals surface area contributed by atoms with Crippen molar-refractivity contribution in [2.45, 2.75) is 45.9 Å². The van der Waals surface area contributed by atoms with Crippen molar-refractivity contribution in [2.24, 2.45) is 0 Å². The fraction of sp³-hybridized carbons (Fsp3) is 0.615. The molecule has 0 saturated heterocycles. The molecule has 0 bridgehead atoms. The first-order valence-corrected chi connectivity index (χ1v) is 6.01. The molecule has 0 radical (unpaired) electrons. The SMILES string of the molecule is CCC(O)C(C)N(CC)Cc1ccccn1. The second-order valence-corrected chi connectivity index (χ2v) is 4.10. The summed E-state index contributed by atoms with van der Waals surface area (Å²) in [5.74, 6) is 0. The average Bonchev–Trinajstić information content (AvgIpc) is 2.35. The third kappa shape index (κ3) is 3.58. The third-order valence-electron chi connectivity index (χ3n) is 3.05. The molecule has 0 amide bonds. The van der Waals surface area contributed by atoms with E-state index >= 15 is 0 Å². The molecule has 0 saturated carbocycles. The third-order valence-corrected chi connectivity index (χ3v) is 3.05. The highest BCUT2D eigenvalue weighted by molar-refractivity contribution is 5.03. The molecule has 0 aliphatic heterocycles. The van der Waals surface area contributed by atoms with Gasteiger partial charge in [0.05, 0.1) is 11.8 Å². The number of hydrogen-bond donors (Lipinski definition) is 1. The number of pyridine rings is 1. The van der Waals surface area contributed by atoms with Gasteiger partial charge < -0.3 is 5.11 Å². The van der Waals surface area contributed by atoms with Crippen molar-refractivity contribution in [3.63, 3.8) is 0 Å². The van der Waals surface area contributed by atoms with Crippen LogP contribution in [0.3, 0.4) is 0 Å². The van der Waals surface area contributed by atoms with E-state index in [0.29, 0.717) is 0 Å². The first-order valence-electron chi connectivity index (χ1n) is 6.01. The minimum Gasteiger partial charge on any atom is -0.392 e. The molecule has 1 heterocycles. The van der Waals surface area contributed by atoms with Gasteiger partial charge in [0, 0.05) is 18.8 Å². The molecule has 1 rings (SSSR count). The summed E-state index contributed by atoms with van der Waals surface area (Å²) < 4.78 is 0. The van der Waals surface area contributed by atoms with Crippen LogP contribution in [0.5, 0.6) is 0 Å². The molecule has 2 unspecified atom stereocenters. The van der Waals surface area contributed by atoms with Crippen molar-refractivity contribution in [3.8, 4) is 0 Å². The van der Waals surface area contributed by atoms with Gasteiger partial charge in [-0.25, -0.2) is 0 Å². The molecule has 1 aromatic rings. The lowest BCUT2D eigenvalue weighted by atomic mass is 10.1. The van der Waals surface area contributed by atoms with E-state index in [4.69, 9.17) is 0 Å². The lowest BCUT2D eigenvalue weighted by Crippen LogP contribution is -2.40. The molecule has 2 atom stereocenters. The second kappa shape index (κ2) is 6.61. The fourth-order valence-electron chi connectivity index (χ4n) is 1.83. The zero-order valence-corrected chi connectivity index (χ0v) is 10.4. The van der Waals surface area contributed by atoms with E-state index < -0.39 is 0 Å². The molecule has 0 aromatic carbocycles. The topological polar surface area (TPSA) is 36.4 Å². The van der Waals surface area contributed by atoms with Gasteiger partial charge >= 0.3 is 0 Å². The molecular weight excluding hydrogens is 200 g/mol. The highest BCUT2D eigenvalue weighted by Gasteiger charge is 2.19. The number of likely N-dealkylation sites (N-methyl/N-ethyl adjacent to an activating group) is 1. The molecule has 0 aliphatic rings. The molecule has 3 nitrogen and oxygen atoms in total. The van der Waals surface area contributed by atoms with E-state index in [9.17, 15) is 5.11 Å². The van der Waals surface area contributed by atoms with Gasteiger partial charge in [-0.3, -0.25) is 9.88 Å². The number of hydrogen-bond acceptors (Lipinski definition) is 3. The Morgan fingerprint density at radius 3 is 2.62 bits per heavy atom. The molecule has 3 heteroatoms. The highest BCUT2D eigenvalue weighted by atomic mass is 16.3. The van der Waals surface area contributed by atoms with Gasteiger partial charge in [0.25, 0.3) is 0 Å². The van der Waals surface area contributed by atoms with Crippen LogP contribution in [-0.2, 0) is 6.54 Å². The van der Waals surface area contributed by atoms with E-state index in [-0.39, 0.29) is 12.1 Å². The summed E-state index contributed by atoms with van der Waals surface area (Å²) >= 11 is 0. The smallest absolute Gasteiger partial charge is 0.0690 e. The molecule has 16 heavy (non-hydrogen) atoms. The Morgan fingerprint density at radius 1 is 1.38 bits per heavy atom. The predicted octanol–water partition coefficient (Wildman–Crippen LogP) is 2.06. The summed E-state index contributed by atoms with van der Waals surface area (Å²) in [6.45, 7) is 7.92. The van der Waals surface area contributed by atoms with Gasteiger partial charge in [0.1, 0.15) is 0 Å². The number of aliphatic hydroxyl groups is 1. The van der Waals surface area contributed by atoms with Gasteiger partial charge in [-0.2, -0.15) is 0 Å². The first-order chi connectivity index (χ1) is 7.69. The van der Waals surface area contributed by atoms with Gasteiger partial charge in [-0.1, -0.05) is 19.9 Å². The number of aromatic nitrogens is 1. The highest BCUT2D eigenvalue weighted by Crippen LogP contribution is 2.10. The number of nitrogens with zero attached hydrogens (tertiary/aromatic N) is 2. The summed E-state index contributed by atoms with van der Waals surface area (Å²) in [6.07, 6.45) is 2.34. The van der Waals surface area contributed by atoms with Crippen LogP contribution in [0.25, 0.3) is 0 Å². The van der Waals surface area contributed by atoms with Crippen molar-refractivity contribution >= 4 is 0 Å². The fourth-order valence-corrected chi connectivity index (χ4v) is 1.83. The largest absolute Gasteiger partial charge is 0.392 e. The van der Waals surface area contributed by atoms with Crippen LogP contribution in [0.1, 0.15) is 32.9 Å². The maximum atomic E-state index is 9.84. The Balaban J connectivity index is 2.62. The second-order valence-electron chi connectivity index (χ2n) is 4.10. The number of aliphatic hydroxyl groups excluding tert-OH is 1. The van der Waals surface area contributed by atoms with Crippen molar-refractivity contribution in [1.29, 1.82) is 0 Å². The predicted molar refractivity (Wildman–Crippen MR) is 66.1 cm³/mol. The molecular formula is C13H22N2O. The van der Waals surface area contributed by atoms with Gasteiger partial charge in [0.15, 0.2) is 0 Å². The normalized spacial score (nSPS) is 15.1. The Kier molecular flexibility index (Phi) is 5.43. The van der Waals surface area contributed by atoms with Crippen LogP contribution in [-0.4, -0.2) is 33.7 Å². The minimum absolute atomic E-state index is 0.178. The Hall–Kier alpha value is -0.930. The van der Waals surface area contributed by atoms with Crippen LogP contribution in [0, 0.1) is 0 Å². The molecule has 1 aromatic heterocycles. The quantitative estimate of drug-likeness (QED) is 0.800. The van der Waals surface area contributed by atoms with Crippen LogP contribution in [0.2, 0.25) is 0 Å². The minimum atomic E-state index is -0.260. The molecule has 90 valence electrons. The van der Waals surface area contributed by atoms with Gasteiger partial charge in [-0.15, -0.1) is 0 Å². The molecule has 1 N–H and O–H groups in total. The lowest BCUT2D eigenvalue weighted by Gasteiger charge is -2.30. The van der Waals surface area contributed by atoms with Crippen molar-refractivity contribution in [1.82, 2.24) is 9.88 Å². The summed E-state index contributed by atoms with van der Waals surface area (Å²) in [5, 5.41) is 9.84. The summed E-state index contributed by atoms with van der Waals surface area (Å²) in [5.41, 5.74) is 1.06. The molecule has 0 fully saturated rings. The lowest BCUT2D eigenvalue weighted by molar-refractivity contribution is 0.0539. The maximum absolute atomic E-state index is 9.84. The summed E-state index contributed by atoms with van der Waals surface area (Å²) in [7, 11) is 0. The Morgan fingerprint density at radius 2 is 2.12 bits per heavy atom. The Bertz CT molecular complexity index is 289. The maximum Gasteiger partial charge on any atom is 0.0690 e. The standard InChI is InChI=1S/C13H22N2O/c1-4-13(16)11(3)15(5-2)10-12-8-6-7-9-14-12/h6-9,11,13,16H,4-5,10H2,1-3H3. The van der Waals surface area contributed by atoms with Gasteiger partial charge in [0.2, 0.25) is 0 Å². The van der Waals surface area contributed by atoms with E-state index in [2.05, 4.69) is 23.7 Å². The zero-order valence-electron chi connectivity index (χ0n) is 10.4. The monoisotopic (exact) mass is 222 g/mol. The Labute approximate surface area is 98.1 Å². The van der Waals surface area contributed by atoms with E-state index in [1.807, 2.05) is 31.3 Å². The summed E-state index contributed by atoms with van der Waals surface area (Å²) in [4.78, 5) is 6.56. The van der Waals surface area contributed by atoms with Crippen LogP contribution in [0.4, 0.5) is 0 Å². The molecule has 0 spiro atoms. The van der Waals surface area contributed by atoms with Crippen molar-refractivity contribution < 1.29 is 5.11 Å². The zero-order chi connectivity index (χ0) is 12.0. The van der Waals surface area contributed by atoms with E-state index in [0.717, 1.165) is 25.2 Å². The van der Waals surface area contributed by atoms with Gasteiger partial charge in [-0.05, 0) is 32.0 Å². The average molecular weight is 222 g/mol. The first kappa shape index (κ1) is 13.1. The number of rotatable bonds is 6. The van der Waals surface area contributed by atoms with Crippen LogP contribution in [0.15, 0.2) is 24.4 Å². The molecule has 0 aliphatic carbocycles. The summed E-state index contributed by atoms with van der Waals surface area (Å²) in [6, 6.07) is 6.12. The van der Waals surface area contributed by atoms with E-state index in [1.165, 1.54) is 0 Å². The van der Waals surface area contributed by atoms with Crippen LogP contribution >= 0.6 is 0 Å². The van der Waals surface area contributed by atoms with Crippen molar-refractivity contribution in [3.05, 3.63) is 30.1 Å². The van der Waals surface area contributed by atoms with Crippen LogP contribution < -0.4 is 0 Å². The van der Waals surface area contributed by atoms with Crippen molar-refractivity contribution in [2.75, 3.05) is 6.54 Å².